The Kier molecular flexibility index (Phi) is 2.25. The third-order valence-electron chi connectivity index (χ3n) is 2.06. The minimum Gasteiger partial charge on any atom is -0.507 e. The van der Waals surface area contributed by atoms with Gasteiger partial charge in [-0.05, 0) is 19.1 Å². The van der Waals surface area contributed by atoms with Crippen molar-refractivity contribution in [1.29, 1.82) is 0 Å². The van der Waals surface area contributed by atoms with E-state index in [9.17, 15) is 9.90 Å². The minimum atomic E-state index is 0.0192. The molecule has 0 unspecified atom stereocenters. The molecule has 0 atom stereocenters. The largest absolute Gasteiger partial charge is 0.507 e. The third-order valence-corrected chi connectivity index (χ3v) is 2.06. The maximum Gasteiger partial charge on any atom is 0.260 e. The van der Waals surface area contributed by atoms with Crippen LogP contribution in [0, 0.1) is 6.92 Å². The molecule has 0 radical (unpaired) electrons. The number of aromatic nitrogens is 1. The van der Waals surface area contributed by atoms with Crippen LogP contribution in [-0.2, 0) is 0 Å². The molecule has 2 aromatic rings. The Bertz CT molecular complexity index is 502. The van der Waals surface area contributed by atoms with Crippen molar-refractivity contribution in [3.8, 4) is 17.1 Å². The van der Waals surface area contributed by atoms with Crippen molar-refractivity contribution in [1.82, 2.24) is 4.98 Å². The zero-order valence-corrected chi connectivity index (χ0v) is 8.10. The van der Waals surface area contributed by atoms with Crippen molar-refractivity contribution >= 4 is 6.29 Å². The van der Waals surface area contributed by atoms with E-state index in [0.29, 0.717) is 23.3 Å². The standard InChI is InChI=1S/C11H9NO3/c1-7-11(15-10(6-13)12-7)8-4-2-3-5-9(8)14/h2-6,14H,1H3. The Morgan fingerprint density at radius 2 is 2.13 bits per heavy atom. The molecule has 0 aliphatic heterocycles. The highest BCUT2D eigenvalue weighted by Gasteiger charge is 2.13. The number of phenolic OH excluding ortho intramolecular Hbond substituents is 1. The molecule has 0 saturated heterocycles. The third kappa shape index (κ3) is 1.61. The molecule has 1 heterocycles. The molecular formula is C11H9NO3. The summed E-state index contributed by atoms with van der Waals surface area (Å²) >= 11 is 0. The number of carbonyl (C=O) groups is 1. The molecule has 15 heavy (non-hydrogen) atoms. The lowest BCUT2D eigenvalue weighted by molar-refractivity contribution is 0.109. The lowest BCUT2D eigenvalue weighted by atomic mass is 10.1. The maximum absolute atomic E-state index is 10.5. The molecule has 1 aromatic carbocycles. The number of aromatic hydroxyl groups is 1. The van der Waals surface area contributed by atoms with Gasteiger partial charge in [-0.15, -0.1) is 0 Å². The van der Waals surface area contributed by atoms with E-state index in [1.165, 1.54) is 0 Å². The number of para-hydroxylation sites is 1. The fourth-order valence-electron chi connectivity index (χ4n) is 1.38. The van der Waals surface area contributed by atoms with E-state index in [1.807, 2.05) is 0 Å². The zero-order chi connectivity index (χ0) is 10.8. The van der Waals surface area contributed by atoms with E-state index < -0.39 is 0 Å². The Labute approximate surface area is 86.2 Å². The highest BCUT2D eigenvalue weighted by atomic mass is 16.4. The van der Waals surface area contributed by atoms with E-state index in [0.717, 1.165) is 0 Å². The molecule has 0 aliphatic rings. The van der Waals surface area contributed by atoms with Gasteiger partial charge in [-0.25, -0.2) is 4.98 Å². The fourth-order valence-corrected chi connectivity index (χ4v) is 1.38. The second-order valence-electron chi connectivity index (χ2n) is 3.10. The molecule has 1 aromatic heterocycles. The van der Waals surface area contributed by atoms with E-state index in [4.69, 9.17) is 4.42 Å². The van der Waals surface area contributed by atoms with E-state index in [-0.39, 0.29) is 11.6 Å². The summed E-state index contributed by atoms with van der Waals surface area (Å²) in [5.74, 6) is 0.551. The maximum atomic E-state index is 10.5. The number of hydrogen-bond acceptors (Lipinski definition) is 4. The summed E-state index contributed by atoms with van der Waals surface area (Å²) in [5, 5.41) is 9.59. The monoisotopic (exact) mass is 203 g/mol. The van der Waals surface area contributed by atoms with Crippen LogP contribution in [0.25, 0.3) is 11.3 Å². The first-order valence-corrected chi connectivity index (χ1v) is 4.43. The van der Waals surface area contributed by atoms with Gasteiger partial charge < -0.3 is 9.52 Å². The molecule has 0 bridgehead atoms. The summed E-state index contributed by atoms with van der Waals surface area (Å²) in [4.78, 5) is 14.4. The van der Waals surface area contributed by atoms with Crippen LogP contribution >= 0.6 is 0 Å². The van der Waals surface area contributed by atoms with Crippen LogP contribution in [0.15, 0.2) is 28.7 Å². The van der Waals surface area contributed by atoms with Crippen molar-refractivity contribution in [2.75, 3.05) is 0 Å². The van der Waals surface area contributed by atoms with Gasteiger partial charge in [-0.1, -0.05) is 12.1 Å². The smallest absolute Gasteiger partial charge is 0.260 e. The van der Waals surface area contributed by atoms with Crippen LogP contribution in [0.5, 0.6) is 5.75 Å². The summed E-state index contributed by atoms with van der Waals surface area (Å²) in [7, 11) is 0. The number of hydrogen-bond donors (Lipinski definition) is 1. The van der Waals surface area contributed by atoms with Gasteiger partial charge in [0.2, 0.25) is 6.29 Å². The summed E-state index contributed by atoms with van der Waals surface area (Å²) in [6.45, 7) is 1.72. The van der Waals surface area contributed by atoms with Gasteiger partial charge in [0.1, 0.15) is 5.75 Å². The zero-order valence-electron chi connectivity index (χ0n) is 8.10. The lowest BCUT2D eigenvalue weighted by Gasteiger charge is -1.99. The summed E-state index contributed by atoms with van der Waals surface area (Å²) in [6.07, 6.45) is 0.538. The van der Waals surface area contributed by atoms with Gasteiger partial charge in [0, 0.05) is 0 Å². The van der Waals surface area contributed by atoms with Crippen molar-refractivity contribution in [3.05, 3.63) is 35.9 Å². The average Bonchev–Trinajstić information content (AvgIpc) is 2.60. The van der Waals surface area contributed by atoms with Crippen LogP contribution in [0.2, 0.25) is 0 Å². The quantitative estimate of drug-likeness (QED) is 0.759. The van der Waals surface area contributed by atoms with Gasteiger partial charge in [0.05, 0.1) is 11.3 Å². The number of aryl methyl sites for hydroxylation is 1. The van der Waals surface area contributed by atoms with Crippen LogP contribution in [-0.4, -0.2) is 16.4 Å². The normalized spacial score (nSPS) is 10.2. The predicted octanol–water partition coefficient (Wildman–Crippen LogP) is 2.17. The SMILES string of the molecule is Cc1nc(C=O)oc1-c1ccccc1O. The Balaban J connectivity index is 2.58. The number of oxazole rings is 1. The second kappa shape index (κ2) is 3.57. The molecule has 1 N–H and O–H groups in total. The van der Waals surface area contributed by atoms with Crippen LogP contribution < -0.4 is 0 Å². The Hall–Kier alpha value is -2.10. The van der Waals surface area contributed by atoms with E-state index in [1.54, 1.807) is 31.2 Å². The highest BCUT2D eigenvalue weighted by Crippen LogP contribution is 2.31. The number of nitrogens with zero attached hydrogens (tertiary/aromatic N) is 1. The molecule has 0 aliphatic carbocycles. The molecule has 0 spiro atoms. The van der Waals surface area contributed by atoms with Gasteiger partial charge in [0.25, 0.3) is 5.89 Å². The van der Waals surface area contributed by atoms with Crippen LogP contribution in [0.3, 0.4) is 0 Å². The Morgan fingerprint density at radius 3 is 2.73 bits per heavy atom. The topological polar surface area (TPSA) is 63.3 Å². The predicted molar refractivity (Wildman–Crippen MR) is 53.7 cm³/mol. The van der Waals surface area contributed by atoms with E-state index >= 15 is 0 Å². The number of rotatable bonds is 2. The summed E-state index contributed by atoms with van der Waals surface area (Å²) in [5.41, 5.74) is 1.12. The Morgan fingerprint density at radius 1 is 1.40 bits per heavy atom. The first kappa shape index (κ1) is 9.45. The van der Waals surface area contributed by atoms with E-state index in [2.05, 4.69) is 4.98 Å². The average molecular weight is 203 g/mol. The molecular weight excluding hydrogens is 194 g/mol. The summed E-state index contributed by atoms with van der Waals surface area (Å²) < 4.78 is 5.19. The molecule has 76 valence electrons. The van der Waals surface area contributed by atoms with Gasteiger partial charge in [0.15, 0.2) is 5.76 Å². The fraction of sp³-hybridized carbons (Fsp3) is 0.0909. The van der Waals surface area contributed by atoms with Gasteiger partial charge in [-0.2, -0.15) is 0 Å². The molecule has 4 nitrogen and oxygen atoms in total. The van der Waals surface area contributed by atoms with Gasteiger partial charge in [-0.3, -0.25) is 4.79 Å². The molecule has 2 rings (SSSR count). The second-order valence-corrected chi connectivity index (χ2v) is 3.10. The number of aldehydes is 1. The van der Waals surface area contributed by atoms with Crippen molar-refractivity contribution < 1.29 is 14.3 Å². The summed E-state index contributed by atoms with van der Waals surface area (Å²) in [6, 6.07) is 6.75. The molecule has 0 fully saturated rings. The lowest BCUT2D eigenvalue weighted by Crippen LogP contribution is -1.79. The number of phenols is 1. The first-order chi connectivity index (χ1) is 7.22. The molecule has 0 amide bonds. The van der Waals surface area contributed by atoms with Crippen molar-refractivity contribution in [2.45, 2.75) is 6.92 Å². The van der Waals surface area contributed by atoms with Crippen molar-refractivity contribution in [2.24, 2.45) is 0 Å². The first-order valence-electron chi connectivity index (χ1n) is 4.43. The molecule has 4 heteroatoms. The highest BCUT2D eigenvalue weighted by molar-refractivity contribution is 5.72. The number of carbonyl (C=O) groups excluding carboxylic acids is 1. The number of benzene rings is 1. The van der Waals surface area contributed by atoms with Crippen molar-refractivity contribution in [3.63, 3.8) is 0 Å². The molecule has 0 saturated carbocycles. The minimum absolute atomic E-state index is 0.0192. The van der Waals surface area contributed by atoms with Gasteiger partial charge >= 0.3 is 0 Å². The van der Waals surface area contributed by atoms with Crippen LogP contribution in [0.1, 0.15) is 16.4 Å². The van der Waals surface area contributed by atoms with Crippen LogP contribution in [0.4, 0.5) is 0 Å².